The number of H-pyrrole nitrogens is 1. The van der Waals surface area contributed by atoms with Crippen molar-refractivity contribution >= 4 is 16.9 Å². The van der Waals surface area contributed by atoms with Gasteiger partial charge in [-0.15, -0.1) is 0 Å². The SMILES string of the molecule is NC(Cc1c[nH]c2ccccc12)C(=O)O.[Cu]. The summed E-state index contributed by atoms with van der Waals surface area (Å²) in [6, 6.07) is 6.91. The second kappa shape index (κ2) is 5.16. The zero-order valence-corrected chi connectivity index (χ0v) is 9.35. The Balaban J connectivity index is 0.00000128. The van der Waals surface area contributed by atoms with Crippen LogP contribution in [0, 0.1) is 0 Å². The maximum atomic E-state index is 10.6. The fourth-order valence-electron chi connectivity index (χ4n) is 1.62. The molecule has 0 spiro atoms. The topological polar surface area (TPSA) is 79.1 Å². The molecule has 2 rings (SSSR count). The van der Waals surface area contributed by atoms with Gasteiger partial charge in [-0.3, -0.25) is 4.79 Å². The van der Waals surface area contributed by atoms with Crippen molar-refractivity contribution in [1.82, 2.24) is 4.98 Å². The van der Waals surface area contributed by atoms with Crippen LogP contribution >= 0.6 is 0 Å². The molecule has 1 radical (unpaired) electrons. The maximum absolute atomic E-state index is 10.6. The van der Waals surface area contributed by atoms with Crippen LogP contribution in [0.2, 0.25) is 0 Å². The van der Waals surface area contributed by atoms with Gasteiger partial charge >= 0.3 is 5.97 Å². The molecular formula is C11H12CuN2O2. The zero-order chi connectivity index (χ0) is 10.8. The van der Waals surface area contributed by atoms with Crippen molar-refractivity contribution in [1.29, 1.82) is 0 Å². The fraction of sp³-hybridized carbons (Fsp3) is 0.182. The van der Waals surface area contributed by atoms with E-state index in [2.05, 4.69) is 4.98 Å². The van der Waals surface area contributed by atoms with Crippen LogP contribution in [0.1, 0.15) is 5.56 Å². The number of nitrogens with one attached hydrogen (secondary N) is 1. The third-order valence-corrected chi connectivity index (χ3v) is 2.43. The average Bonchev–Trinajstić information content (AvgIpc) is 2.62. The van der Waals surface area contributed by atoms with Crippen LogP contribution in [0.3, 0.4) is 0 Å². The summed E-state index contributed by atoms with van der Waals surface area (Å²) >= 11 is 0. The third-order valence-electron chi connectivity index (χ3n) is 2.43. The van der Waals surface area contributed by atoms with Crippen molar-refractivity contribution in [2.24, 2.45) is 5.73 Å². The molecule has 4 nitrogen and oxygen atoms in total. The number of aromatic nitrogens is 1. The van der Waals surface area contributed by atoms with Gasteiger partial charge in [0, 0.05) is 40.6 Å². The smallest absolute Gasteiger partial charge is 0.320 e. The Hall–Kier alpha value is -1.29. The molecule has 2 aromatic rings. The molecule has 0 aliphatic heterocycles. The summed E-state index contributed by atoms with van der Waals surface area (Å²) in [5, 5.41) is 9.75. The first-order valence-electron chi connectivity index (χ1n) is 4.72. The van der Waals surface area contributed by atoms with Crippen LogP contribution in [-0.4, -0.2) is 22.1 Å². The van der Waals surface area contributed by atoms with Gasteiger partial charge in [-0.1, -0.05) is 18.2 Å². The van der Waals surface area contributed by atoms with E-state index < -0.39 is 12.0 Å². The van der Waals surface area contributed by atoms with Gasteiger partial charge in [0.2, 0.25) is 0 Å². The number of nitrogens with two attached hydrogens (primary N) is 1. The normalized spacial score (nSPS) is 12.1. The Kier molecular flexibility index (Phi) is 4.12. The first kappa shape index (κ1) is 12.8. The van der Waals surface area contributed by atoms with E-state index in [0.717, 1.165) is 16.5 Å². The Morgan fingerprint density at radius 3 is 2.81 bits per heavy atom. The molecule has 0 amide bonds. The van der Waals surface area contributed by atoms with E-state index in [4.69, 9.17) is 10.8 Å². The van der Waals surface area contributed by atoms with Crippen molar-refractivity contribution in [3.8, 4) is 0 Å². The standard InChI is InChI=1S/C11H12N2O2.Cu/c12-9(11(14)15)5-7-6-13-10-4-2-1-3-8(7)10;/h1-4,6,9,13H,5,12H2,(H,14,15);. The Morgan fingerprint density at radius 1 is 1.44 bits per heavy atom. The van der Waals surface area contributed by atoms with Gasteiger partial charge in [0.25, 0.3) is 0 Å². The van der Waals surface area contributed by atoms with Gasteiger partial charge in [0.05, 0.1) is 0 Å². The summed E-state index contributed by atoms with van der Waals surface area (Å²) in [6.07, 6.45) is 2.16. The molecule has 4 N–H and O–H groups in total. The summed E-state index contributed by atoms with van der Waals surface area (Å²) in [6.45, 7) is 0. The Labute approximate surface area is 103 Å². The van der Waals surface area contributed by atoms with Crippen LogP contribution in [-0.2, 0) is 28.3 Å². The van der Waals surface area contributed by atoms with Gasteiger partial charge in [0.15, 0.2) is 0 Å². The number of benzene rings is 1. The predicted molar refractivity (Wildman–Crippen MR) is 57.6 cm³/mol. The van der Waals surface area contributed by atoms with E-state index in [1.807, 2.05) is 30.5 Å². The van der Waals surface area contributed by atoms with E-state index in [-0.39, 0.29) is 17.1 Å². The Bertz CT molecular complexity index is 495. The number of carboxylic acids is 1. The minimum absolute atomic E-state index is 0. The van der Waals surface area contributed by atoms with Crippen molar-refractivity contribution in [2.75, 3.05) is 0 Å². The van der Waals surface area contributed by atoms with E-state index in [1.54, 1.807) is 0 Å². The summed E-state index contributed by atoms with van der Waals surface area (Å²) in [4.78, 5) is 13.7. The molecule has 1 aromatic carbocycles. The van der Waals surface area contributed by atoms with Crippen LogP contribution in [0.4, 0.5) is 0 Å². The number of aliphatic carboxylic acids is 1. The molecule has 0 aliphatic carbocycles. The summed E-state index contributed by atoms with van der Waals surface area (Å²) < 4.78 is 0. The van der Waals surface area contributed by atoms with Crippen molar-refractivity contribution in [3.63, 3.8) is 0 Å². The van der Waals surface area contributed by atoms with Gasteiger partial charge < -0.3 is 15.8 Å². The fourth-order valence-corrected chi connectivity index (χ4v) is 1.62. The second-order valence-corrected chi connectivity index (χ2v) is 3.51. The number of rotatable bonds is 3. The monoisotopic (exact) mass is 267 g/mol. The predicted octanol–water partition coefficient (Wildman–Crippen LogP) is 1.12. The molecule has 1 atom stereocenters. The Morgan fingerprint density at radius 2 is 2.12 bits per heavy atom. The molecule has 0 saturated heterocycles. The minimum atomic E-state index is -0.972. The first-order valence-corrected chi connectivity index (χ1v) is 4.72. The van der Waals surface area contributed by atoms with Crippen LogP contribution in [0.15, 0.2) is 30.5 Å². The molecule has 1 aromatic heterocycles. The summed E-state index contributed by atoms with van der Waals surface area (Å²) in [7, 11) is 0. The van der Waals surface area contributed by atoms with Gasteiger partial charge in [0.1, 0.15) is 6.04 Å². The maximum Gasteiger partial charge on any atom is 0.320 e. The van der Waals surface area contributed by atoms with E-state index >= 15 is 0 Å². The molecule has 5 heteroatoms. The number of carboxylic acid groups (broad SMARTS) is 1. The molecule has 1 unspecified atom stereocenters. The molecule has 89 valence electrons. The van der Waals surface area contributed by atoms with E-state index in [9.17, 15) is 4.79 Å². The first-order chi connectivity index (χ1) is 7.18. The molecule has 0 saturated carbocycles. The molecule has 0 bridgehead atoms. The van der Waals surface area contributed by atoms with Crippen molar-refractivity contribution < 1.29 is 27.0 Å². The summed E-state index contributed by atoms with van der Waals surface area (Å²) in [5.74, 6) is -0.972. The van der Waals surface area contributed by atoms with E-state index in [1.165, 1.54) is 0 Å². The number of hydrogen-bond donors (Lipinski definition) is 3. The average molecular weight is 268 g/mol. The van der Waals surface area contributed by atoms with Crippen LogP contribution < -0.4 is 5.73 Å². The molecule has 16 heavy (non-hydrogen) atoms. The largest absolute Gasteiger partial charge is 0.480 e. The van der Waals surface area contributed by atoms with E-state index in [0.29, 0.717) is 6.42 Å². The van der Waals surface area contributed by atoms with Gasteiger partial charge in [-0.25, -0.2) is 0 Å². The number of aromatic amines is 1. The number of para-hydroxylation sites is 1. The number of hydrogen-bond acceptors (Lipinski definition) is 2. The van der Waals surface area contributed by atoms with Gasteiger partial charge in [-0.2, -0.15) is 0 Å². The quantitative estimate of drug-likeness (QED) is 0.729. The zero-order valence-electron chi connectivity index (χ0n) is 8.41. The molecule has 0 aliphatic rings. The third kappa shape index (κ3) is 2.44. The van der Waals surface area contributed by atoms with Crippen molar-refractivity contribution in [3.05, 3.63) is 36.0 Å². The molecule has 0 fully saturated rings. The number of fused-ring (bicyclic) bond motifs is 1. The minimum Gasteiger partial charge on any atom is -0.480 e. The van der Waals surface area contributed by atoms with Crippen LogP contribution in [0.5, 0.6) is 0 Å². The second-order valence-electron chi connectivity index (χ2n) is 3.51. The molecule has 1 heterocycles. The summed E-state index contributed by atoms with van der Waals surface area (Å²) in [5.41, 5.74) is 7.43. The number of carbonyl (C=O) groups is 1. The molecular weight excluding hydrogens is 256 g/mol. The van der Waals surface area contributed by atoms with Crippen LogP contribution in [0.25, 0.3) is 10.9 Å². The van der Waals surface area contributed by atoms with Gasteiger partial charge in [-0.05, 0) is 11.6 Å². The van der Waals surface area contributed by atoms with Crippen molar-refractivity contribution in [2.45, 2.75) is 12.5 Å².